The minimum atomic E-state index is -1.21. The highest BCUT2D eigenvalue weighted by Gasteiger charge is 2.06. The van der Waals surface area contributed by atoms with E-state index in [1.54, 1.807) is 0 Å². The molecule has 0 bridgehead atoms. The van der Waals surface area contributed by atoms with Crippen molar-refractivity contribution >= 4 is 11.9 Å². The van der Waals surface area contributed by atoms with Gasteiger partial charge in [-0.2, -0.15) is 0 Å². The van der Waals surface area contributed by atoms with E-state index in [1.807, 2.05) is 5.48 Å². The van der Waals surface area contributed by atoms with Crippen LogP contribution in [0.15, 0.2) is 24.3 Å². The van der Waals surface area contributed by atoms with E-state index in [-0.39, 0.29) is 5.56 Å². The van der Waals surface area contributed by atoms with Crippen molar-refractivity contribution in [1.82, 2.24) is 5.48 Å². The predicted molar refractivity (Wildman–Crippen MR) is 47.5 cm³/mol. The molecule has 1 aromatic carbocycles. The van der Waals surface area contributed by atoms with Gasteiger partial charge in [0.1, 0.15) is 5.82 Å². The summed E-state index contributed by atoms with van der Waals surface area (Å²) in [5.41, 5.74) is 1.93. The van der Waals surface area contributed by atoms with Crippen molar-refractivity contribution in [3.8, 4) is 0 Å². The molecule has 1 rings (SSSR count). The molecular formula is C9H8FNO4. The average molecular weight is 213 g/mol. The molecule has 0 aliphatic carbocycles. The van der Waals surface area contributed by atoms with E-state index in [4.69, 9.17) is 5.11 Å². The third-order valence-corrected chi connectivity index (χ3v) is 1.45. The van der Waals surface area contributed by atoms with Crippen molar-refractivity contribution in [2.75, 3.05) is 6.61 Å². The zero-order valence-electron chi connectivity index (χ0n) is 7.57. The largest absolute Gasteiger partial charge is 0.479 e. The van der Waals surface area contributed by atoms with Crippen LogP contribution in [-0.2, 0) is 9.63 Å². The van der Waals surface area contributed by atoms with Crippen molar-refractivity contribution in [2.45, 2.75) is 0 Å². The predicted octanol–water partition coefficient (Wildman–Crippen LogP) is 0.572. The maximum Gasteiger partial charge on any atom is 0.332 e. The lowest BCUT2D eigenvalue weighted by Gasteiger charge is -2.03. The maximum atomic E-state index is 12.7. The molecule has 0 radical (unpaired) electrons. The molecule has 2 N–H and O–H groups in total. The monoisotopic (exact) mass is 213 g/mol. The second-order valence-electron chi connectivity index (χ2n) is 2.62. The molecular weight excluding hydrogens is 205 g/mol. The number of nitrogens with one attached hydrogen (secondary N) is 1. The second kappa shape index (κ2) is 5.06. The molecule has 0 spiro atoms. The molecule has 0 saturated heterocycles. The number of carbonyl (C=O) groups excluding carboxylic acids is 1. The molecule has 1 aromatic rings. The van der Waals surface area contributed by atoms with E-state index in [2.05, 4.69) is 4.84 Å². The van der Waals surface area contributed by atoms with Crippen LogP contribution in [0.2, 0.25) is 0 Å². The van der Waals surface area contributed by atoms with Crippen molar-refractivity contribution in [1.29, 1.82) is 0 Å². The van der Waals surface area contributed by atoms with Crippen molar-refractivity contribution in [2.24, 2.45) is 0 Å². The van der Waals surface area contributed by atoms with Crippen LogP contribution in [0.4, 0.5) is 4.39 Å². The van der Waals surface area contributed by atoms with Crippen LogP contribution in [0.25, 0.3) is 0 Å². The van der Waals surface area contributed by atoms with E-state index in [0.717, 1.165) is 6.07 Å². The van der Waals surface area contributed by atoms with Gasteiger partial charge in [0.25, 0.3) is 5.91 Å². The second-order valence-corrected chi connectivity index (χ2v) is 2.62. The average Bonchev–Trinajstić information content (AvgIpc) is 2.17. The van der Waals surface area contributed by atoms with Crippen LogP contribution in [0, 0.1) is 5.82 Å². The van der Waals surface area contributed by atoms with Gasteiger partial charge in [0, 0.05) is 5.56 Å². The number of aliphatic carboxylic acids is 1. The quantitative estimate of drug-likeness (QED) is 0.717. The fraction of sp³-hybridized carbons (Fsp3) is 0.111. The van der Waals surface area contributed by atoms with Gasteiger partial charge >= 0.3 is 5.97 Å². The molecule has 0 aromatic heterocycles. The first-order valence-electron chi connectivity index (χ1n) is 3.99. The van der Waals surface area contributed by atoms with Crippen LogP contribution >= 0.6 is 0 Å². The Morgan fingerprint density at radius 1 is 1.47 bits per heavy atom. The van der Waals surface area contributed by atoms with Crippen molar-refractivity contribution in [3.05, 3.63) is 35.6 Å². The molecule has 5 nitrogen and oxygen atoms in total. The molecule has 0 atom stereocenters. The van der Waals surface area contributed by atoms with Crippen LogP contribution in [0.3, 0.4) is 0 Å². The minimum Gasteiger partial charge on any atom is -0.479 e. The summed E-state index contributed by atoms with van der Waals surface area (Å²) < 4.78 is 12.7. The lowest BCUT2D eigenvalue weighted by Crippen LogP contribution is -2.26. The Bertz CT molecular complexity index is 380. The molecule has 0 saturated carbocycles. The topological polar surface area (TPSA) is 75.6 Å². The molecule has 1 amide bonds. The lowest BCUT2D eigenvalue weighted by molar-refractivity contribution is -0.144. The van der Waals surface area contributed by atoms with Gasteiger partial charge in [-0.15, -0.1) is 0 Å². The number of benzene rings is 1. The smallest absolute Gasteiger partial charge is 0.332 e. The number of amides is 1. The summed E-state index contributed by atoms with van der Waals surface area (Å²) in [4.78, 5) is 25.5. The molecule has 0 heterocycles. The van der Waals surface area contributed by atoms with Crippen molar-refractivity contribution in [3.63, 3.8) is 0 Å². The standard InChI is InChI=1S/C9H8FNO4/c10-7-3-1-2-6(4-7)9(14)11-15-5-8(12)13/h1-4H,5H2,(H,11,14)(H,12,13). The van der Waals surface area contributed by atoms with E-state index >= 15 is 0 Å². The Labute approximate surface area is 84.4 Å². The fourth-order valence-corrected chi connectivity index (χ4v) is 0.852. The third kappa shape index (κ3) is 3.74. The molecule has 15 heavy (non-hydrogen) atoms. The van der Waals surface area contributed by atoms with E-state index in [0.29, 0.717) is 0 Å². The Morgan fingerprint density at radius 2 is 2.20 bits per heavy atom. The van der Waals surface area contributed by atoms with Gasteiger partial charge in [0.05, 0.1) is 0 Å². The number of carboxylic acid groups (broad SMARTS) is 1. The van der Waals surface area contributed by atoms with E-state index < -0.39 is 24.3 Å². The summed E-state index contributed by atoms with van der Waals surface area (Å²) in [5.74, 6) is -2.47. The number of carboxylic acids is 1. The van der Waals surface area contributed by atoms with Crippen LogP contribution < -0.4 is 5.48 Å². The SMILES string of the molecule is O=C(O)CONC(=O)c1cccc(F)c1. The molecule has 0 aliphatic heterocycles. The molecule has 0 aliphatic rings. The number of carbonyl (C=O) groups is 2. The first-order chi connectivity index (χ1) is 7.09. The highest BCUT2D eigenvalue weighted by Crippen LogP contribution is 2.02. The summed E-state index contributed by atoms with van der Waals surface area (Å²) >= 11 is 0. The highest BCUT2D eigenvalue weighted by atomic mass is 19.1. The van der Waals surface area contributed by atoms with Gasteiger partial charge in [-0.05, 0) is 18.2 Å². The molecule has 80 valence electrons. The first kappa shape index (κ1) is 11.1. The highest BCUT2D eigenvalue weighted by molar-refractivity contribution is 5.93. The van der Waals surface area contributed by atoms with Crippen LogP contribution in [0.5, 0.6) is 0 Å². The summed E-state index contributed by atoms with van der Waals surface area (Å²) in [6.07, 6.45) is 0. The number of rotatable bonds is 4. The van der Waals surface area contributed by atoms with Gasteiger partial charge in [-0.1, -0.05) is 6.07 Å². The van der Waals surface area contributed by atoms with Gasteiger partial charge in [-0.3, -0.25) is 9.63 Å². The lowest BCUT2D eigenvalue weighted by atomic mass is 10.2. The van der Waals surface area contributed by atoms with Gasteiger partial charge < -0.3 is 5.11 Å². The molecule has 0 fully saturated rings. The summed E-state index contributed by atoms with van der Waals surface area (Å²) in [6, 6.07) is 4.94. The number of hydrogen-bond donors (Lipinski definition) is 2. The number of hydrogen-bond acceptors (Lipinski definition) is 3. The van der Waals surface area contributed by atoms with Crippen molar-refractivity contribution < 1.29 is 23.9 Å². The third-order valence-electron chi connectivity index (χ3n) is 1.45. The fourth-order valence-electron chi connectivity index (χ4n) is 0.852. The van der Waals surface area contributed by atoms with Gasteiger partial charge in [-0.25, -0.2) is 14.7 Å². The molecule has 6 heteroatoms. The minimum absolute atomic E-state index is 0.0559. The first-order valence-corrected chi connectivity index (χ1v) is 3.99. The normalized spacial score (nSPS) is 9.67. The zero-order chi connectivity index (χ0) is 11.3. The zero-order valence-corrected chi connectivity index (χ0v) is 7.57. The summed E-state index contributed by atoms with van der Waals surface area (Å²) in [6.45, 7) is -0.652. The summed E-state index contributed by atoms with van der Waals surface area (Å²) in [5, 5.41) is 8.20. The Balaban J connectivity index is 2.50. The van der Waals surface area contributed by atoms with Gasteiger partial charge in [0.2, 0.25) is 0 Å². The van der Waals surface area contributed by atoms with Crippen LogP contribution in [0.1, 0.15) is 10.4 Å². The summed E-state index contributed by atoms with van der Waals surface area (Å²) in [7, 11) is 0. The van der Waals surface area contributed by atoms with E-state index in [9.17, 15) is 14.0 Å². The number of hydroxylamine groups is 1. The van der Waals surface area contributed by atoms with Crippen LogP contribution in [-0.4, -0.2) is 23.6 Å². The Hall–Kier alpha value is -1.95. The van der Waals surface area contributed by atoms with Gasteiger partial charge in [0.15, 0.2) is 6.61 Å². The Kier molecular flexibility index (Phi) is 3.75. The maximum absolute atomic E-state index is 12.7. The number of halogens is 1. The molecule has 0 unspecified atom stereocenters. The van der Waals surface area contributed by atoms with E-state index in [1.165, 1.54) is 18.2 Å². The Morgan fingerprint density at radius 3 is 2.80 bits per heavy atom.